The van der Waals surface area contributed by atoms with Crippen LogP contribution in [0, 0.1) is 0 Å². The average Bonchev–Trinajstić information content (AvgIpc) is 3.11. The van der Waals surface area contributed by atoms with E-state index in [0.29, 0.717) is 32.2 Å². The van der Waals surface area contributed by atoms with E-state index in [2.05, 4.69) is 5.32 Å². The molecule has 1 saturated carbocycles. The normalized spacial score (nSPS) is 24.8. The highest BCUT2D eigenvalue weighted by molar-refractivity contribution is 7.88. The Morgan fingerprint density at radius 3 is 2.22 bits per heavy atom. The van der Waals surface area contributed by atoms with Crippen LogP contribution in [0.15, 0.2) is 0 Å². The van der Waals surface area contributed by atoms with Gasteiger partial charge >= 0.3 is 0 Å². The molecule has 0 aromatic heterocycles. The van der Waals surface area contributed by atoms with E-state index in [1.807, 2.05) is 11.8 Å². The third kappa shape index (κ3) is 3.43. The van der Waals surface area contributed by atoms with E-state index in [-0.39, 0.29) is 11.9 Å². The molecule has 1 heterocycles. The van der Waals surface area contributed by atoms with Crippen LogP contribution in [-0.4, -0.2) is 68.0 Å². The molecule has 1 aliphatic carbocycles. The molecule has 2 aliphatic rings. The first kappa shape index (κ1) is 13.8. The minimum Gasteiger partial charge on any atom is -0.352 e. The predicted molar refractivity (Wildman–Crippen MR) is 68.6 cm³/mol. The molecule has 18 heavy (non-hydrogen) atoms. The van der Waals surface area contributed by atoms with Crippen LogP contribution < -0.4 is 5.32 Å². The topological polar surface area (TPSA) is 69.7 Å². The van der Waals surface area contributed by atoms with Crippen molar-refractivity contribution in [3.8, 4) is 0 Å². The molecule has 0 radical (unpaired) electrons. The van der Waals surface area contributed by atoms with Gasteiger partial charge in [-0.15, -0.1) is 0 Å². The van der Waals surface area contributed by atoms with Crippen LogP contribution in [0.3, 0.4) is 0 Å². The Bertz CT molecular complexity index is 411. The Morgan fingerprint density at radius 1 is 1.22 bits per heavy atom. The summed E-state index contributed by atoms with van der Waals surface area (Å²) in [5, 5.41) is 2.98. The van der Waals surface area contributed by atoms with E-state index in [0.717, 1.165) is 12.8 Å². The molecule has 6 nitrogen and oxygen atoms in total. The molecule has 0 aromatic carbocycles. The number of hydrogen-bond acceptors (Lipinski definition) is 4. The predicted octanol–water partition coefficient (Wildman–Crippen LogP) is -0.769. The van der Waals surface area contributed by atoms with Gasteiger partial charge in [0.2, 0.25) is 15.9 Å². The van der Waals surface area contributed by atoms with E-state index in [4.69, 9.17) is 0 Å². The number of piperazine rings is 1. The highest BCUT2D eigenvalue weighted by Crippen LogP contribution is 2.19. The molecule has 2 fully saturated rings. The fraction of sp³-hybridized carbons (Fsp3) is 0.909. The summed E-state index contributed by atoms with van der Waals surface area (Å²) < 4.78 is 24.2. The van der Waals surface area contributed by atoms with Crippen molar-refractivity contribution in [3.05, 3.63) is 0 Å². The third-order valence-corrected chi connectivity index (χ3v) is 4.90. The largest absolute Gasteiger partial charge is 0.352 e. The summed E-state index contributed by atoms with van der Waals surface area (Å²) in [6.07, 6.45) is 3.40. The van der Waals surface area contributed by atoms with E-state index in [1.54, 1.807) is 0 Å². The lowest BCUT2D eigenvalue weighted by Gasteiger charge is -2.36. The summed E-state index contributed by atoms with van der Waals surface area (Å²) in [6, 6.07) is 0.199. The molecular formula is C11H21N3O3S. The molecule has 1 amide bonds. The molecule has 104 valence electrons. The van der Waals surface area contributed by atoms with Gasteiger partial charge in [-0.1, -0.05) is 0 Å². The van der Waals surface area contributed by atoms with Crippen LogP contribution in [0.5, 0.6) is 0 Å². The van der Waals surface area contributed by atoms with Crippen LogP contribution in [0.1, 0.15) is 19.8 Å². The van der Waals surface area contributed by atoms with Gasteiger partial charge in [0, 0.05) is 32.2 Å². The van der Waals surface area contributed by atoms with Crippen molar-refractivity contribution in [2.24, 2.45) is 0 Å². The summed E-state index contributed by atoms with van der Waals surface area (Å²) in [5.41, 5.74) is 0. The number of carbonyl (C=O) groups is 1. The highest BCUT2D eigenvalue weighted by atomic mass is 32.2. The van der Waals surface area contributed by atoms with Crippen LogP contribution in [0.25, 0.3) is 0 Å². The molecule has 7 heteroatoms. The van der Waals surface area contributed by atoms with Crippen molar-refractivity contribution in [2.75, 3.05) is 32.4 Å². The van der Waals surface area contributed by atoms with E-state index >= 15 is 0 Å². The van der Waals surface area contributed by atoms with Gasteiger partial charge in [0.25, 0.3) is 0 Å². The standard InChI is InChI=1S/C11H21N3O3S/c1-9(11(15)12-10-3-4-10)13-5-7-14(8-6-13)18(2,16)17/h9-10H,3-8H2,1-2H3,(H,12,15)/t9-/m1/s1. The maximum atomic E-state index is 11.9. The van der Waals surface area contributed by atoms with Crippen LogP contribution in [-0.2, 0) is 14.8 Å². The summed E-state index contributed by atoms with van der Waals surface area (Å²) in [7, 11) is -3.10. The number of hydrogen-bond donors (Lipinski definition) is 1. The number of amides is 1. The molecule has 1 N–H and O–H groups in total. The Morgan fingerprint density at radius 2 is 1.78 bits per heavy atom. The monoisotopic (exact) mass is 275 g/mol. The Labute approximate surface area is 108 Å². The SMILES string of the molecule is C[C@H](C(=O)NC1CC1)N1CCN(S(C)(=O)=O)CC1. The van der Waals surface area contributed by atoms with Crippen LogP contribution >= 0.6 is 0 Å². The van der Waals surface area contributed by atoms with E-state index in [1.165, 1.54) is 10.6 Å². The lowest BCUT2D eigenvalue weighted by molar-refractivity contribution is -0.126. The summed E-state index contributed by atoms with van der Waals surface area (Å²) >= 11 is 0. The maximum Gasteiger partial charge on any atom is 0.237 e. The Balaban J connectivity index is 1.83. The minimum atomic E-state index is -3.10. The molecule has 0 bridgehead atoms. The van der Waals surface area contributed by atoms with Crippen molar-refractivity contribution in [2.45, 2.75) is 31.8 Å². The molecule has 0 spiro atoms. The molecule has 0 aromatic rings. The summed E-state index contributed by atoms with van der Waals surface area (Å²) in [5.74, 6) is 0.0605. The van der Waals surface area contributed by atoms with Gasteiger partial charge in [-0.25, -0.2) is 8.42 Å². The summed E-state index contributed by atoms with van der Waals surface area (Å²) in [4.78, 5) is 13.9. The molecular weight excluding hydrogens is 254 g/mol. The van der Waals surface area contributed by atoms with Gasteiger partial charge in [0.1, 0.15) is 0 Å². The zero-order valence-electron chi connectivity index (χ0n) is 10.9. The van der Waals surface area contributed by atoms with Crippen LogP contribution in [0.4, 0.5) is 0 Å². The third-order valence-electron chi connectivity index (χ3n) is 3.59. The zero-order valence-corrected chi connectivity index (χ0v) is 11.7. The van der Waals surface area contributed by atoms with Gasteiger partial charge in [0.05, 0.1) is 12.3 Å². The Hall–Kier alpha value is -0.660. The molecule has 2 rings (SSSR count). The maximum absolute atomic E-state index is 11.9. The van der Waals surface area contributed by atoms with Crippen molar-refractivity contribution in [1.82, 2.24) is 14.5 Å². The molecule has 1 atom stereocenters. The van der Waals surface area contributed by atoms with E-state index in [9.17, 15) is 13.2 Å². The van der Waals surface area contributed by atoms with Gasteiger partial charge in [-0.2, -0.15) is 4.31 Å². The van der Waals surface area contributed by atoms with Gasteiger partial charge < -0.3 is 5.32 Å². The quantitative estimate of drug-likeness (QED) is 0.731. The minimum absolute atomic E-state index is 0.0605. The first-order valence-corrected chi connectivity index (χ1v) is 8.22. The molecule has 0 unspecified atom stereocenters. The number of nitrogens with zero attached hydrogens (tertiary/aromatic N) is 2. The first-order valence-electron chi connectivity index (χ1n) is 6.37. The average molecular weight is 275 g/mol. The van der Waals surface area contributed by atoms with Gasteiger partial charge in [0.15, 0.2) is 0 Å². The van der Waals surface area contributed by atoms with Crippen LogP contribution in [0.2, 0.25) is 0 Å². The second-order valence-corrected chi connectivity index (χ2v) is 7.14. The number of carbonyl (C=O) groups excluding carboxylic acids is 1. The van der Waals surface area contributed by atoms with Crippen molar-refractivity contribution < 1.29 is 13.2 Å². The zero-order chi connectivity index (χ0) is 13.3. The molecule has 1 aliphatic heterocycles. The van der Waals surface area contributed by atoms with Crippen molar-refractivity contribution in [1.29, 1.82) is 0 Å². The lowest BCUT2D eigenvalue weighted by atomic mass is 10.2. The van der Waals surface area contributed by atoms with Crippen molar-refractivity contribution >= 4 is 15.9 Å². The number of sulfonamides is 1. The van der Waals surface area contributed by atoms with Gasteiger partial charge in [-0.3, -0.25) is 9.69 Å². The van der Waals surface area contributed by atoms with E-state index < -0.39 is 10.0 Å². The first-order chi connectivity index (χ1) is 8.38. The lowest BCUT2D eigenvalue weighted by Crippen LogP contribution is -2.54. The molecule has 1 saturated heterocycles. The smallest absolute Gasteiger partial charge is 0.237 e. The van der Waals surface area contributed by atoms with Crippen molar-refractivity contribution in [3.63, 3.8) is 0 Å². The number of rotatable bonds is 4. The van der Waals surface area contributed by atoms with Gasteiger partial charge in [-0.05, 0) is 19.8 Å². The fourth-order valence-corrected chi connectivity index (χ4v) is 2.96. The second-order valence-electron chi connectivity index (χ2n) is 5.16. The Kier molecular flexibility index (Phi) is 3.93. The summed E-state index contributed by atoms with van der Waals surface area (Å²) in [6.45, 7) is 4.06. The fourth-order valence-electron chi connectivity index (χ4n) is 2.14. The second kappa shape index (κ2) is 5.14. The highest BCUT2D eigenvalue weighted by Gasteiger charge is 2.31. The number of nitrogens with one attached hydrogen (secondary N) is 1.